The van der Waals surface area contributed by atoms with Crippen LogP contribution in [0.5, 0.6) is 0 Å². The lowest BCUT2D eigenvalue weighted by Gasteiger charge is -2.17. The van der Waals surface area contributed by atoms with Crippen molar-refractivity contribution in [3.63, 3.8) is 0 Å². The second-order valence-electron chi connectivity index (χ2n) is 3.47. The molecule has 0 saturated heterocycles. The lowest BCUT2D eigenvalue weighted by atomic mass is 10.1. The van der Waals surface area contributed by atoms with E-state index in [-0.39, 0.29) is 5.76 Å². The minimum absolute atomic E-state index is 0.206. The lowest BCUT2D eigenvalue weighted by Crippen LogP contribution is -2.13. The summed E-state index contributed by atoms with van der Waals surface area (Å²) < 4.78 is 5.61. The van der Waals surface area contributed by atoms with Crippen molar-refractivity contribution in [3.05, 3.63) is 48.8 Å². The SMILES string of the molecule is C=C/C=C(O)\C=C/COC1CC=CCC1. The summed E-state index contributed by atoms with van der Waals surface area (Å²) >= 11 is 0. The first kappa shape index (κ1) is 11.8. The van der Waals surface area contributed by atoms with Gasteiger partial charge in [-0.25, -0.2) is 0 Å². The molecule has 0 aromatic heterocycles. The van der Waals surface area contributed by atoms with E-state index in [1.54, 1.807) is 18.2 Å². The quantitative estimate of drug-likeness (QED) is 0.425. The third kappa shape index (κ3) is 5.23. The smallest absolute Gasteiger partial charge is 0.115 e. The van der Waals surface area contributed by atoms with Crippen molar-refractivity contribution in [1.82, 2.24) is 0 Å². The molecule has 2 heteroatoms. The lowest BCUT2D eigenvalue weighted by molar-refractivity contribution is 0.0679. The fraction of sp³-hybridized carbons (Fsp3) is 0.385. The van der Waals surface area contributed by atoms with E-state index in [0.717, 1.165) is 19.3 Å². The van der Waals surface area contributed by atoms with Crippen LogP contribution in [0.2, 0.25) is 0 Å². The van der Waals surface area contributed by atoms with Gasteiger partial charge in [0.2, 0.25) is 0 Å². The molecule has 1 atom stereocenters. The van der Waals surface area contributed by atoms with Crippen LogP contribution in [0, 0.1) is 0 Å². The number of hydrogen-bond donors (Lipinski definition) is 1. The van der Waals surface area contributed by atoms with Crippen LogP contribution in [0.3, 0.4) is 0 Å². The maximum atomic E-state index is 9.22. The molecule has 82 valence electrons. The van der Waals surface area contributed by atoms with Crippen LogP contribution in [0.15, 0.2) is 48.8 Å². The van der Waals surface area contributed by atoms with Crippen molar-refractivity contribution in [3.8, 4) is 0 Å². The molecule has 0 aromatic carbocycles. The van der Waals surface area contributed by atoms with E-state index >= 15 is 0 Å². The number of rotatable bonds is 5. The summed E-state index contributed by atoms with van der Waals surface area (Å²) in [4.78, 5) is 0. The monoisotopic (exact) mass is 206 g/mol. The van der Waals surface area contributed by atoms with Gasteiger partial charge in [0.05, 0.1) is 12.7 Å². The van der Waals surface area contributed by atoms with Crippen LogP contribution in [0.4, 0.5) is 0 Å². The van der Waals surface area contributed by atoms with Crippen LogP contribution in [-0.2, 0) is 4.74 Å². The van der Waals surface area contributed by atoms with Crippen molar-refractivity contribution in [1.29, 1.82) is 0 Å². The van der Waals surface area contributed by atoms with Crippen molar-refractivity contribution in [2.24, 2.45) is 0 Å². The largest absolute Gasteiger partial charge is 0.508 e. The highest BCUT2D eigenvalue weighted by molar-refractivity contribution is 5.15. The van der Waals surface area contributed by atoms with E-state index in [1.165, 1.54) is 0 Å². The molecule has 1 aliphatic carbocycles. The van der Waals surface area contributed by atoms with Crippen LogP contribution in [-0.4, -0.2) is 17.8 Å². The molecule has 0 amide bonds. The first-order valence-electron chi connectivity index (χ1n) is 5.27. The van der Waals surface area contributed by atoms with Gasteiger partial charge < -0.3 is 9.84 Å². The van der Waals surface area contributed by atoms with Crippen molar-refractivity contribution in [2.75, 3.05) is 6.61 Å². The molecule has 1 aliphatic rings. The maximum Gasteiger partial charge on any atom is 0.115 e. The summed E-state index contributed by atoms with van der Waals surface area (Å²) in [5, 5.41) is 9.22. The van der Waals surface area contributed by atoms with Crippen LogP contribution in [0.1, 0.15) is 19.3 Å². The summed E-state index contributed by atoms with van der Waals surface area (Å²) in [6.07, 6.45) is 14.4. The number of hydrogen-bond acceptors (Lipinski definition) is 2. The molecule has 0 heterocycles. The Labute approximate surface area is 91.3 Å². The van der Waals surface area contributed by atoms with Gasteiger partial charge in [-0.15, -0.1) is 0 Å². The predicted molar refractivity (Wildman–Crippen MR) is 62.8 cm³/mol. The molecule has 0 fully saturated rings. The third-order valence-corrected chi connectivity index (χ3v) is 2.23. The van der Waals surface area contributed by atoms with E-state index < -0.39 is 0 Å². The zero-order chi connectivity index (χ0) is 10.9. The summed E-state index contributed by atoms with van der Waals surface area (Å²) in [7, 11) is 0. The maximum absolute atomic E-state index is 9.22. The average molecular weight is 206 g/mol. The highest BCUT2D eigenvalue weighted by atomic mass is 16.5. The van der Waals surface area contributed by atoms with E-state index in [2.05, 4.69) is 18.7 Å². The van der Waals surface area contributed by atoms with Gasteiger partial charge in [-0.2, -0.15) is 0 Å². The van der Waals surface area contributed by atoms with Crippen molar-refractivity contribution >= 4 is 0 Å². The molecule has 15 heavy (non-hydrogen) atoms. The highest BCUT2D eigenvalue weighted by Crippen LogP contribution is 2.13. The predicted octanol–water partition coefficient (Wildman–Crippen LogP) is 3.30. The molecular weight excluding hydrogens is 188 g/mol. The Kier molecular flexibility index (Phi) is 5.56. The van der Waals surface area contributed by atoms with Gasteiger partial charge >= 0.3 is 0 Å². The van der Waals surface area contributed by atoms with Crippen LogP contribution < -0.4 is 0 Å². The van der Waals surface area contributed by atoms with Gasteiger partial charge in [-0.1, -0.05) is 30.9 Å². The van der Waals surface area contributed by atoms with E-state index in [1.807, 2.05) is 6.08 Å². The Bertz CT molecular complexity index is 274. The molecule has 1 unspecified atom stereocenters. The van der Waals surface area contributed by atoms with Gasteiger partial charge in [-0.05, 0) is 31.4 Å². The molecule has 0 radical (unpaired) electrons. The average Bonchev–Trinajstić information content (AvgIpc) is 2.26. The molecule has 2 nitrogen and oxygen atoms in total. The summed E-state index contributed by atoms with van der Waals surface area (Å²) in [6.45, 7) is 4.04. The van der Waals surface area contributed by atoms with E-state index in [4.69, 9.17) is 4.74 Å². The van der Waals surface area contributed by atoms with Crippen molar-refractivity contribution < 1.29 is 9.84 Å². The van der Waals surface area contributed by atoms with Gasteiger partial charge in [0.1, 0.15) is 5.76 Å². The number of allylic oxidation sites excluding steroid dienone is 4. The Morgan fingerprint density at radius 1 is 1.53 bits per heavy atom. The molecule has 1 rings (SSSR count). The fourth-order valence-corrected chi connectivity index (χ4v) is 1.45. The number of aliphatic hydroxyl groups is 1. The second kappa shape index (κ2) is 7.07. The summed E-state index contributed by atoms with van der Waals surface area (Å²) in [5.74, 6) is 0.206. The zero-order valence-electron chi connectivity index (χ0n) is 8.93. The zero-order valence-corrected chi connectivity index (χ0v) is 8.93. The normalized spacial score (nSPS) is 22.1. The van der Waals surface area contributed by atoms with Gasteiger partial charge in [0, 0.05) is 0 Å². The van der Waals surface area contributed by atoms with Crippen LogP contribution >= 0.6 is 0 Å². The van der Waals surface area contributed by atoms with Crippen LogP contribution in [0.25, 0.3) is 0 Å². The van der Waals surface area contributed by atoms with Crippen molar-refractivity contribution in [2.45, 2.75) is 25.4 Å². The molecule has 0 saturated carbocycles. The molecular formula is C13H18O2. The molecule has 0 spiro atoms. The Morgan fingerprint density at radius 2 is 2.40 bits per heavy atom. The second-order valence-corrected chi connectivity index (χ2v) is 3.47. The fourth-order valence-electron chi connectivity index (χ4n) is 1.45. The van der Waals surface area contributed by atoms with E-state index in [0.29, 0.717) is 12.7 Å². The molecule has 0 aromatic rings. The molecule has 0 aliphatic heterocycles. The minimum Gasteiger partial charge on any atom is -0.508 e. The highest BCUT2D eigenvalue weighted by Gasteiger charge is 2.08. The van der Waals surface area contributed by atoms with E-state index in [9.17, 15) is 5.11 Å². The number of aliphatic hydroxyl groups excluding tert-OH is 1. The minimum atomic E-state index is 0.206. The number of ether oxygens (including phenoxy) is 1. The summed E-state index contributed by atoms with van der Waals surface area (Å²) in [6, 6.07) is 0. The van der Waals surface area contributed by atoms with Gasteiger partial charge in [0.15, 0.2) is 0 Å². The van der Waals surface area contributed by atoms with Gasteiger partial charge in [-0.3, -0.25) is 0 Å². The Hall–Kier alpha value is -1.28. The first-order valence-corrected chi connectivity index (χ1v) is 5.27. The molecule has 1 N–H and O–H groups in total. The standard InChI is InChI=1S/C13H18O2/c1-2-7-12(14)8-6-11-15-13-9-4-3-5-10-13/h2-4,6-8,13-14H,1,5,9-11H2/b8-6-,12-7+. The topological polar surface area (TPSA) is 29.5 Å². The Morgan fingerprint density at radius 3 is 3.07 bits per heavy atom. The molecule has 0 bridgehead atoms. The van der Waals surface area contributed by atoms with Gasteiger partial charge in [0.25, 0.3) is 0 Å². The third-order valence-electron chi connectivity index (χ3n) is 2.23. The Balaban J connectivity index is 2.17. The first-order chi connectivity index (χ1) is 7.33. The summed E-state index contributed by atoms with van der Waals surface area (Å²) in [5.41, 5.74) is 0.